The molecule has 88 valence electrons. The van der Waals surface area contributed by atoms with Gasteiger partial charge in [-0.25, -0.2) is 9.97 Å². The van der Waals surface area contributed by atoms with Crippen molar-refractivity contribution in [2.45, 2.75) is 9.92 Å². The van der Waals surface area contributed by atoms with Gasteiger partial charge >= 0.3 is 0 Å². The topological polar surface area (TPSA) is 37.8 Å². The molecule has 0 aliphatic rings. The van der Waals surface area contributed by atoms with E-state index in [1.54, 1.807) is 18.1 Å². The van der Waals surface area contributed by atoms with Crippen LogP contribution in [0, 0.1) is 0 Å². The molecule has 0 fully saturated rings. The maximum absolute atomic E-state index is 4.26. The van der Waals surface area contributed by atoms with Crippen molar-refractivity contribution in [1.82, 2.24) is 9.97 Å². The number of hydrogen-bond donors (Lipinski definition) is 1. The Kier molecular flexibility index (Phi) is 4.42. The highest BCUT2D eigenvalue weighted by Gasteiger charge is 2.08. The van der Waals surface area contributed by atoms with E-state index in [0.29, 0.717) is 0 Å². The SMILES string of the molecule is CNc1ncnc(Sc2cccc(Br)c2)c1Br. The molecule has 0 aliphatic carbocycles. The van der Waals surface area contributed by atoms with Crippen molar-refractivity contribution in [3.05, 3.63) is 39.5 Å². The van der Waals surface area contributed by atoms with Crippen LogP contribution >= 0.6 is 43.6 Å². The highest BCUT2D eigenvalue weighted by atomic mass is 79.9. The Hall–Kier alpha value is -0.590. The fraction of sp³-hybridized carbons (Fsp3) is 0.0909. The Morgan fingerprint density at radius 2 is 2.06 bits per heavy atom. The second-order valence-electron chi connectivity index (χ2n) is 3.15. The molecule has 0 bridgehead atoms. The van der Waals surface area contributed by atoms with Gasteiger partial charge in [0, 0.05) is 16.4 Å². The summed E-state index contributed by atoms with van der Waals surface area (Å²) in [5.41, 5.74) is 0. The summed E-state index contributed by atoms with van der Waals surface area (Å²) >= 11 is 8.54. The number of halogens is 2. The summed E-state index contributed by atoms with van der Waals surface area (Å²) in [6.07, 6.45) is 1.55. The van der Waals surface area contributed by atoms with Crippen molar-refractivity contribution in [3.63, 3.8) is 0 Å². The van der Waals surface area contributed by atoms with E-state index in [4.69, 9.17) is 0 Å². The number of nitrogens with one attached hydrogen (secondary N) is 1. The lowest BCUT2D eigenvalue weighted by Gasteiger charge is -2.07. The zero-order valence-corrected chi connectivity index (χ0v) is 12.9. The van der Waals surface area contributed by atoms with E-state index in [1.165, 1.54) is 0 Å². The van der Waals surface area contributed by atoms with Crippen LogP contribution in [0.2, 0.25) is 0 Å². The lowest BCUT2D eigenvalue weighted by molar-refractivity contribution is 1.02. The Bertz CT molecular complexity index is 534. The number of aromatic nitrogens is 2. The van der Waals surface area contributed by atoms with Crippen molar-refractivity contribution >= 4 is 49.4 Å². The lowest BCUT2D eigenvalue weighted by atomic mass is 10.4. The molecule has 2 aromatic rings. The zero-order valence-electron chi connectivity index (χ0n) is 8.95. The van der Waals surface area contributed by atoms with Crippen molar-refractivity contribution in [1.29, 1.82) is 0 Å². The molecule has 6 heteroatoms. The van der Waals surface area contributed by atoms with E-state index in [9.17, 15) is 0 Å². The minimum absolute atomic E-state index is 0.789. The average molecular weight is 375 g/mol. The highest BCUT2D eigenvalue weighted by Crippen LogP contribution is 2.35. The molecule has 0 aliphatic heterocycles. The molecule has 1 heterocycles. The summed E-state index contributed by atoms with van der Waals surface area (Å²) in [5.74, 6) is 0.789. The number of anilines is 1. The molecule has 3 nitrogen and oxygen atoms in total. The molecule has 0 spiro atoms. The Morgan fingerprint density at radius 3 is 2.76 bits per heavy atom. The van der Waals surface area contributed by atoms with Gasteiger partial charge in [0.25, 0.3) is 0 Å². The van der Waals surface area contributed by atoms with E-state index in [0.717, 1.165) is 24.7 Å². The Labute approximate surface area is 121 Å². The first kappa shape index (κ1) is 12.9. The quantitative estimate of drug-likeness (QED) is 0.817. The molecule has 2 rings (SSSR count). The molecular formula is C11H9Br2N3S. The van der Waals surface area contributed by atoms with Gasteiger partial charge in [-0.15, -0.1) is 0 Å². The van der Waals surface area contributed by atoms with E-state index in [-0.39, 0.29) is 0 Å². The van der Waals surface area contributed by atoms with Gasteiger partial charge in [0.2, 0.25) is 0 Å². The van der Waals surface area contributed by atoms with Crippen LogP contribution in [0.25, 0.3) is 0 Å². The van der Waals surface area contributed by atoms with Crippen LogP contribution in [0.15, 0.2) is 49.5 Å². The van der Waals surface area contributed by atoms with Crippen LogP contribution in [0.3, 0.4) is 0 Å². The number of benzene rings is 1. The molecule has 0 radical (unpaired) electrons. The third-order valence-electron chi connectivity index (χ3n) is 2.00. The minimum Gasteiger partial charge on any atom is -0.372 e. The second-order valence-corrected chi connectivity index (χ2v) is 5.92. The van der Waals surface area contributed by atoms with E-state index < -0.39 is 0 Å². The van der Waals surface area contributed by atoms with Gasteiger partial charge in [0.15, 0.2) is 0 Å². The summed E-state index contributed by atoms with van der Waals surface area (Å²) in [7, 11) is 1.83. The summed E-state index contributed by atoms with van der Waals surface area (Å²) in [5, 5.41) is 3.90. The van der Waals surface area contributed by atoms with Gasteiger partial charge in [0.05, 0.1) is 4.47 Å². The maximum atomic E-state index is 4.26. The van der Waals surface area contributed by atoms with Gasteiger partial charge < -0.3 is 5.32 Å². The minimum atomic E-state index is 0.789. The van der Waals surface area contributed by atoms with Crippen LogP contribution in [-0.4, -0.2) is 17.0 Å². The van der Waals surface area contributed by atoms with Gasteiger partial charge in [0.1, 0.15) is 17.2 Å². The zero-order chi connectivity index (χ0) is 12.3. The first-order valence-electron chi connectivity index (χ1n) is 4.82. The standard InChI is InChI=1S/C11H9Br2N3S/c1-14-10-9(13)11(16-6-15-10)17-8-4-2-3-7(12)5-8/h2-6H,1H3,(H,14,15,16). The van der Waals surface area contributed by atoms with E-state index in [1.807, 2.05) is 25.2 Å². The normalized spacial score (nSPS) is 10.3. The van der Waals surface area contributed by atoms with E-state index in [2.05, 4.69) is 53.2 Å². The van der Waals surface area contributed by atoms with Gasteiger partial charge in [-0.2, -0.15) is 0 Å². The summed E-state index contributed by atoms with van der Waals surface area (Å²) in [6.45, 7) is 0. The number of nitrogens with zero attached hydrogens (tertiary/aromatic N) is 2. The van der Waals surface area contributed by atoms with Crippen LogP contribution in [0.1, 0.15) is 0 Å². The average Bonchev–Trinajstić information content (AvgIpc) is 2.32. The molecular weight excluding hydrogens is 366 g/mol. The lowest BCUT2D eigenvalue weighted by Crippen LogP contribution is -1.96. The Morgan fingerprint density at radius 1 is 1.24 bits per heavy atom. The summed E-state index contributed by atoms with van der Waals surface area (Å²) in [4.78, 5) is 9.51. The summed E-state index contributed by atoms with van der Waals surface area (Å²) < 4.78 is 1.94. The smallest absolute Gasteiger partial charge is 0.144 e. The molecule has 0 atom stereocenters. The van der Waals surface area contributed by atoms with Crippen molar-refractivity contribution in [2.24, 2.45) is 0 Å². The van der Waals surface area contributed by atoms with Gasteiger partial charge in [-0.1, -0.05) is 33.8 Å². The summed E-state index contributed by atoms with van der Waals surface area (Å²) in [6, 6.07) is 8.10. The number of hydrogen-bond acceptors (Lipinski definition) is 4. The predicted molar refractivity (Wildman–Crippen MR) is 77.5 cm³/mol. The maximum Gasteiger partial charge on any atom is 0.144 e. The third-order valence-corrected chi connectivity index (χ3v) is 4.50. The molecule has 0 amide bonds. The molecule has 1 aromatic carbocycles. The third kappa shape index (κ3) is 3.20. The van der Waals surface area contributed by atoms with Crippen molar-refractivity contribution < 1.29 is 0 Å². The molecule has 0 saturated carbocycles. The first-order chi connectivity index (χ1) is 8.20. The second kappa shape index (κ2) is 5.84. The number of rotatable bonds is 3. The fourth-order valence-electron chi connectivity index (χ4n) is 1.24. The Balaban J connectivity index is 2.30. The predicted octanol–water partition coefficient (Wildman–Crippen LogP) is 4.19. The monoisotopic (exact) mass is 373 g/mol. The van der Waals surface area contributed by atoms with Crippen LogP contribution in [-0.2, 0) is 0 Å². The van der Waals surface area contributed by atoms with Crippen LogP contribution < -0.4 is 5.32 Å². The van der Waals surface area contributed by atoms with Crippen molar-refractivity contribution in [2.75, 3.05) is 12.4 Å². The molecule has 0 unspecified atom stereocenters. The fourth-order valence-corrected chi connectivity index (χ4v) is 3.28. The highest BCUT2D eigenvalue weighted by molar-refractivity contribution is 9.11. The largest absolute Gasteiger partial charge is 0.372 e. The molecule has 0 saturated heterocycles. The van der Waals surface area contributed by atoms with Gasteiger partial charge in [-0.05, 0) is 34.1 Å². The van der Waals surface area contributed by atoms with Gasteiger partial charge in [-0.3, -0.25) is 0 Å². The molecule has 1 N–H and O–H groups in total. The van der Waals surface area contributed by atoms with E-state index >= 15 is 0 Å². The van der Waals surface area contributed by atoms with Crippen LogP contribution in [0.4, 0.5) is 5.82 Å². The molecule has 17 heavy (non-hydrogen) atoms. The van der Waals surface area contributed by atoms with Crippen LogP contribution in [0.5, 0.6) is 0 Å². The van der Waals surface area contributed by atoms with Crippen molar-refractivity contribution in [3.8, 4) is 0 Å². The first-order valence-corrected chi connectivity index (χ1v) is 7.22. The molecule has 1 aromatic heterocycles.